The molecule has 0 amide bonds. The van der Waals surface area contributed by atoms with Crippen LogP contribution in [0.15, 0.2) is 0 Å². The lowest BCUT2D eigenvalue weighted by molar-refractivity contribution is -0.148. The summed E-state index contributed by atoms with van der Waals surface area (Å²) in [4.78, 5) is 31.3. The van der Waals surface area contributed by atoms with Crippen LogP contribution in [0.2, 0.25) is 0 Å². The van der Waals surface area contributed by atoms with Gasteiger partial charge < -0.3 is 4.74 Å². The molecule has 0 aliphatic carbocycles. The highest BCUT2D eigenvalue weighted by atomic mass is 16.5. The molecule has 0 aromatic rings. The first-order valence-corrected chi connectivity index (χ1v) is 3.06. The molecule has 0 atom stereocenters. The first kappa shape index (κ1) is 9.81. The van der Waals surface area contributed by atoms with Crippen LogP contribution in [0.4, 0.5) is 0 Å². The van der Waals surface area contributed by atoms with Crippen molar-refractivity contribution < 1.29 is 19.1 Å². The van der Waals surface area contributed by atoms with Crippen LogP contribution in [-0.2, 0) is 19.1 Å². The molecule has 0 aromatic heterocycles. The fourth-order valence-corrected chi connectivity index (χ4v) is 0.387. The molecule has 0 aliphatic rings. The van der Waals surface area contributed by atoms with Crippen LogP contribution in [0.5, 0.6) is 0 Å². The van der Waals surface area contributed by atoms with Gasteiger partial charge in [0.2, 0.25) is 11.6 Å². The zero-order chi connectivity index (χ0) is 8.85. The maximum Gasteiger partial charge on any atom is 0.303 e. The van der Waals surface area contributed by atoms with Crippen LogP contribution in [0.25, 0.3) is 0 Å². The highest BCUT2D eigenvalue weighted by Gasteiger charge is 2.11. The maximum atomic E-state index is 10.6. The SMILES string of the molecule is [CH2]CC(=O)C(=O)COC(C)=O. The molecule has 0 unspecified atom stereocenters. The van der Waals surface area contributed by atoms with Crippen molar-refractivity contribution in [3.8, 4) is 0 Å². The summed E-state index contributed by atoms with van der Waals surface area (Å²) in [6.45, 7) is 3.92. The molecule has 0 saturated carbocycles. The average Bonchev–Trinajstić information content (AvgIpc) is 1.98. The number of carbonyl (C=O) groups is 3. The molecule has 0 fully saturated rings. The number of ether oxygens (including phenoxy) is 1. The predicted molar refractivity (Wildman–Crippen MR) is 36.6 cm³/mol. The zero-order valence-electron chi connectivity index (χ0n) is 6.25. The highest BCUT2D eigenvalue weighted by Crippen LogP contribution is 1.85. The van der Waals surface area contributed by atoms with Gasteiger partial charge in [-0.1, -0.05) is 0 Å². The van der Waals surface area contributed by atoms with Crippen LogP contribution in [0, 0.1) is 6.92 Å². The van der Waals surface area contributed by atoms with E-state index in [2.05, 4.69) is 11.7 Å². The van der Waals surface area contributed by atoms with Gasteiger partial charge >= 0.3 is 5.97 Å². The van der Waals surface area contributed by atoms with Crippen LogP contribution in [0.1, 0.15) is 13.3 Å². The Morgan fingerprint density at radius 3 is 2.18 bits per heavy atom. The number of carbonyl (C=O) groups excluding carboxylic acids is 3. The Kier molecular flexibility index (Phi) is 4.10. The number of Topliss-reactive ketones (excluding diaryl/α,β-unsaturated/α-hetero) is 2. The van der Waals surface area contributed by atoms with Crippen LogP contribution in [0.3, 0.4) is 0 Å². The first-order valence-electron chi connectivity index (χ1n) is 3.06. The average molecular weight is 157 g/mol. The van der Waals surface area contributed by atoms with Gasteiger partial charge in [0.1, 0.15) is 0 Å². The molecule has 0 aliphatic heterocycles. The second-order valence-corrected chi connectivity index (χ2v) is 1.88. The smallest absolute Gasteiger partial charge is 0.303 e. The van der Waals surface area contributed by atoms with Gasteiger partial charge in [-0.2, -0.15) is 0 Å². The number of rotatable bonds is 4. The van der Waals surface area contributed by atoms with E-state index in [-0.39, 0.29) is 6.42 Å². The number of hydrogen-bond donors (Lipinski definition) is 0. The summed E-state index contributed by atoms with van der Waals surface area (Å²) in [5.74, 6) is -1.91. The third kappa shape index (κ3) is 4.25. The van der Waals surface area contributed by atoms with Gasteiger partial charge in [0.05, 0.1) is 0 Å². The van der Waals surface area contributed by atoms with Gasteiger partial charge in [-0.05, 0) is 6.92 Å². The molecular weight excluding hydrogens is 148 g/mol. The maximum absolute atomic E-state index is 10.6. The summed E-state index contributed by atoms with van der Waals surface area (Å²) < 4.78 is 4.29. The van der Waals surface area contributed by atoms with Crippen molar-refractivity contribution in [2.45, 2.75) is 13.3 Å². The standard InChI is InChI=1S/C7H9O4/c1-3-6(9)7(10)4-11-5(2)8/h1,3-4H2,2H3. The quantitative estimate of drug-likeness (QED) is 0.422. The van der Waals surface area contributed by atoms with E-state index in [0.717, 1.165) is 0 Å². The van der Waals surface area contributed by atoms with Gasteiger partial charge in [-0.3, -0.25) is 14.4 Å². The highest BCUT2D eigenvalue weighted by molar-refractivity contribution is 6.38. The molecule has 0 heterocycles. The lowest BCUT2D eigenvalue weighted by Crippen LogP contribution is -2.20. The number of hydrogen-bond acceptors (Lipinski definition) is 4. The second kappa shape index (κ2) is 4.60. The van der Waals surface area contributed by atoms with E-state index < -0.39 is 24.1 Å². The minimum Gasteiger partial charge on any atom is -0.457 e. The fraction of sp³-hybridized carbons (Fsp3) is 0.429. The third-order valence-electron chi connectivity index (χ3n) is 0.945. The Bertz CT molecular complexity index is 183. The summed E-state index contributed by atoms with van der Waals surface area (Å²) in [6.07, 6.45) is -0.0971. The zero-order valence-corrected chi connectivity index (χ0v) is 6.25. The van der Waals surface area contributed by atoms with Gasteiger partial charge in [0, 0.05) is 13.3 Å². The molecule has 4 heteroatoms. The normalized spacial score (nSPS) is 8.91. The summed E-state index contributed by atoms with van der Waals surface area (Å²) in [5, 5.41) is 0. The molecule has 11 heavy (non-hydrogen) atoms. The van der Waals surface area contributed by atoms with Crippen molar-refractivity contribution >= 4 is 17.5 Å². The Morgan fingerprint density at radius 1 is 1.27 bits per heavy atom. The van der Waals surface area contributed by atoms with E-state index in [0.29, 0.717) is 0 Å². The van der Waals surface area contributed by atoms with Crippen molar-refractivity contribution in [1.29, 1.82) is 0 Å². The molecule has 61 valence electrons. The molecule has 0 rings (SSSR count). The summed E-state index contributed by atoms with van der Waals surface area (Å²) >= 11 is 0. The minimum atomic E-state index is -0.713. The first-order chi connectivity index (χ1) is 5.07. The lowest BCUT2D eigenvalue weighted by atomic mass is 10.2. The number of esters is 1. The van der Waals surface area contributed by atoms with E-state index in [4.69, 9.17) is 0 Å². The molecule has 0 aromatic carbocycles. The van der Waals surface area contributed by atoms with Gasteiger partial charge in [0.15, 0.2) is 6.61 Å². The van der Waals surface area contributed by atoms with E-state index in [1.54, 1.807) is 0 Å². The summed E-state index contributed by atoms with van der Waals surface area (Å²) in [5.41, 5.74) is 0. The molecule has 4 nitrogen and oxygen atoms in total. The van der Waals surface area contributed by atoms with Crippen molar-refractivity contribution in [2.24, 2.45) is 0 Å². The van der Waals surface area contributed by atoms with Crippen molar-refractivity contribution in [1.82, 2.24) is 0 Å². The van der Waals surface area contributed by atoms with E-state index >= 15 is 0 Å². The van der Waals surface area contributed by atoms with Gasteiger partial charge in [-0.25, -0.2) is 0 Å². The van der Waals surface area contributed by atoms with Crippen molar-refractivity contribution in [3.63, 3.8) is 0 Å². The van der Waals surface area contributed by atoms with E-state index in [1.165, 1.54) is 6.92 Å². The molecule has 0 N–H and O–H groups in total. The molecular formula is C7H9O4. The molecule has 0 saturated heterocycles. The monoisotopic (exact) mass is 157 g/mol. The minimum absolute atomic E-state index is 0.0971. The van der Waals surface area contributed by atoms with Crippen LogP contribution >= 0.6 is 0 Å². The Morgan fingerprint density at radius 2 is 1.82 bits per heavy atom. The largest absolute Gasteiger partial charge is 0.457 e. The fourth-order valence-electron chi connectivity index (χ4n) is 0.387. The lowest BCUT2D eigenvalue weighted by Gasteiger charge is -1.97. The summed E-state index contributed by atoms with van der Waals surface area (Å²) in [7, 11) is 0. The van der Waals surface area contributed by atoms with E-state index in [1.807, 2.05) is 0 Å². The van der Waals surface area contributed by atoms with Crippen LogP contribution < -0.4 is 0 Å². The third-order valence-corrected chi connectivity index (χ3v) is 0.945. The topological polar surface area (TPSA) is 60.4 Å². The molecule has 0 spiro atoms. The Labute approximate surface area is 64.5 Å². The second-order valence-electron chi connectivity index (χ2n) is 1.88. The van der Waals surface area contributed by atoms with Crippen molar-refractivity contribution in [2.75, 3.05) is 6.61 Å². The number of ketones is 2. The van der Waals surface area contributed by atoms with Gasteiger partial charge in [0.25, 0.3) is 0 Å². The molecule has 1 radical (unpaired) electrons. The van der Waals surface area contributed by atoms with E-state index in [9.17, 15) is 14.4 Å². The summed E-state index contributed by atoms with van der Waals surface area (Å²) in [6, 6.07) is 0. The predicted octanol–water partition coefficient (Wildman–Crippen LogP) is -0.0881. The Hall–Kier alpha value is -1.19. The van der Waals surface area contributed by atoms with Crippen LogP contribution in [-0.4, -0.2) is 24.1 Å². The van der Waals surface area contributed by atoms with Gasteiger partial charge in [-0.15, -0.1) is 0 Å². The Balaban J connectivity index is 3.70. The molecule has 0 bridgehead atoms. The van der Waals surface area contributed by atoms with Crippen molar-refractivity contribution in [3.05, 3.63) is 6.92 Å².